The van der Waals surface area contributed by atoms with Gasteiger partial charge in [-0.05, 0) is 44.5 Å². The molecule has 1 aliphatic heterocycles. The molecule has 2 rings (SSSR count). The van der Waals surface area contributed by atoms with Crippen LogP contribution < -0.4 is 5.32 Å². The minimum absolute atomic E-state index is 0.606. The Morgan fingerprint density at radius 3 is 2.71 bits per heavy atom. The third-order valence-electron chi connectivity index (χ3n) is 3.70. The van der Waals surface area contributed by atoms with Crippen molar-refractivity contribution in [3.8, 4) is 0 Å². The maximum atomic E-state index is 5.89. The minimum Gasteiger partial charge on any atom is -0.316 e. The Bertz CT molecular complexity index is 350. The van der Waals surface area contributed by atoms with E-state index in [4.69, 9.17) is 11.6 Å². The first-order valence-corrected chi connectivity index (χ1v) is 6.72. The average Bonchev–Trinajstić information content (AvgIpc) is 2.81. The smallest absolute Gasteiger partial charge is 0.0406 e. The van der Waals surface area contributed by atoms with Gasteiger partial charge in [0.1, 0.15) is 0 Å². The van der Waals surface area contributed by atoms with Crippen molar-refractivity contribution in [3.63, 3.8) is 0 Å². The molecule has 1 saturated heterocycles. The van der Waals surface area contributed by atoms with Crippen molar-refractivity contribution in [2.75, 3.05) is 20.1 Å². The standard InChI is InChI=1S/C14H21ClN2/c1-11(17-8-7-14(10-17)16-2)9-12-3-5-13(15)6-4-12/h3-6,11,14,16H,7-10H2,1-2H3. The Kier molecular flexibility index (Phi) is 4.43. The summed E-state index contributed by atoms with van der Waals surface area (Å²) in [5, 5.41) is 4.18. The van der Waals surface area contributed by atoms with Crippen LogP contribution in [-0.2, 0) is 6.42 Å². The van der Waals surface area contributed by atoms with Gasteiger partial charge in [-0.25, -0.2) is 0 Å². The first kappa shape index (κ1) is 12.9. The third-order valence-corrected chi connectivity index (χ3v) is 3.95. The summed E-state index contributed by atoms with van der Waals surface area (Å²) in [6.07, 6.45) is 2.37. The number of nitrogens with zero attached hydrogens (tertiary/aromatic N) is 1. The molecule has 0 aliphatic carbocycles. The van der Waals surface area contributed by atoms with Gasteiger partial charge in [0.05, 0.1) is 0 Å². The van der Waals surface area contributed by atoms with Crippen molar-refractivity contribution >= 4 is 11.6 Å². The van der Waals surface area contributed by atoms with Crippen molar-refractivity contribution in [1.82, 2.24) is 10.2 Å². The second-order valence-electron chi connectivity index (χ2n) is 4.95. The van der Waals surface area contributed by atoms with Crippen LogP contribution in [0.1, 0.15) is 18.9 Å². The SMILES string of the molecule is CNC1CCN(C(C)Cc2ccc(Cl)cc2)C1. The summed E-state index contributed by atoms with van der Waals surface area (Å²) in [5.74, 6) is 0. The Morgan fingerprint density at radius 1 is 1.41 bits per heavy atom. The zero-order valence-corrected chi connectivity index (χ0v) is 11.4. The van der Waals surface area contributed by atoms with Crippen LogP contribution in [0.5, 0.6) is 0 Å². The molecule has 2 atom stereocenters. The summed E-state index contributed by atoms with van der Waals surface area (Å²) in [7, 11) is 2.05. The van der Waals surface area contributed by atoms with Crippen LogP contribution in [0.3, 0.4) is 0 Å². The van der Waals surface area contributed by atoms with Gasteiger partial charge < -0.3 is 5.32 Å². The molecule has 0 saturated carbocycles. The molecule has 1 aromatic rings. The minimum atomic E-state index is 0.606. The van der Waals surface area contributed by atoms with E-state index in [1.165, 1.54) is 25.1 Å². The highest BCUT2D eigenvalue weighted by Crippen LogP contribution is 2.17. The number of halogens is 1. The van der Waals surface area contributed by atoms with Crippen LogP contribution in [0.25, 0.3) is 0 Å². The average molecular weight is 253 g/mol. The lowest BCUT2D eigenvalue weighted by Gasteiger charge is -2.24. The quantitative estimate of drug-likeness (QED) is 0.886. The monoisotopic (exact) mass is 252 g/mol. The van der Waals surface area contributed by atoms with E-state index >= 15 is 0 Å². The van der Waals surface area contributed by atoms with Crippen LogP contribution in [-0.4, -0.2) is 37.1 Å². The first-order chi connectivity index (χ1) is 8.19. The van der Waals surface area contributed by atoms with Crippen LogP contribution >= 0.6 is 11.6 Å². The van der Waals surface area contributed by atoms with E-state index in [1.807, 2.05) is 12.1 Å². The van der Waals surface area contributed by atoms with E-state index < -0.39 is 0 Å². The van der Waals surface area contributed by atoms with Gasteiger partial charge in [-0.1, -0.05) is 23.7 Å². The summed E-state index contributed by atoms with van der Waals surface area (Å²) in [5.41, 5.74) is 1.37. The molecule has 0 amide bonds. The summed E-state index contributed by atoms with van der Waals surface area (Å²) in [6, 6.07) is 9.49. The first-order valence-electron chi connectivity index (χ1n) is 6.35. The number of likely N-dealkylation sites (N-methyl/N-ethyl adjacent to an activating group) is 1. The second-order valence-corrected chi connectivity index (χ2v) is 5.39. The number of nitrogens with one attached hydrogen (secondary N) is 1. The molecular formula is C14H21ClN2. The lowest BCUT2D eigenvalue weighted by Crippen LogP contribution is -2.36. The normalized spacial score (nSPS) is 22.9. The van der Waals surface area contributed by atoms with Crippen molar-refractivity contribution in [1.29, 1.82) is 0 Å². The summed E-state index contributed by atoms with van der Waals surface area (Å²) < 4.78 is 0. The summed E-state index contributed by atoms with van der Waals surface area (Å²) in [4.78, 5) is 2.57. The molecule has 2 nitrogen and oxygen atoms in total. The van der Waals surface area contributed by atoms with Gasteiger partial charge in [-0.15, -0.1) is 0 Å². The summed E-state index contributed by atoms with van der Waals surface area (Å²) >= 11 is 5.89. The van der Waals surface area contributed by atoms with E-state index in [0.717, 1.165) is 11.4 Å². The molecule has 1 aliphatic rings. The van der Waals surface area contributed by atoms with E-state index in [0.29, 0.717) is 12.1 Å². The Hall–Kier alpha value is -0.570. The maximum Gasteiger partial charge on any atom is 0.0406 e. The Morgan fingerprint density at radius 2 is 2.12 bits per heavy atom. The highest BCUT2D eigenvalue weighted by Gasteiger charge is 2.24. The maximum absolute atomic E-state index is 5.89. The van der Waals surface area contributed by atoms with Crippen LogP contribution in [0.15, 0.2) is 24.3 Å². The predicted molar refractivity (Wildman–Crippen MR) is 73.7 cm³/mol. The van der Waals surface area contributed by atoms with E-state index in [9.17, 15) is 0 Å². The molecule has 0 spiro atoms. The molecule has 0 aromatic heterocycles. The predicted octanol–water partition coefficient (Wildman–Crippen LogP) is 2.56. The molecule has 1 heterocycles. The lowest BCUT2D eigenvalue weighted by molar-refractivity contribution is 0.252. The fourth-order valence-electron chi connectivity index (χ4n) is 2.51. The zero-order valence-electron chi connectivity index (χ0n) is 10.6. The number of rotatable bonds is 4. The molecule has 3 heteroatoms. The largest absolute Gasteiger partial charge is 0.316 e. The number of benzene rings is 1. The number of hydrogen-bond acceptors (Lipinski definition) is 2. The van der Waals surface area contributed by atoms with Gasteiger partial charge >= 0.3 is 0 Å². The molecule has 17 heavy (non-hydrogen) atoms. The van der Waals surface area contributed by atoms with Crippen molar-refractivity contribution in [2.45, 2.75) is 31.8 Å². The third kappa shape index (κ3) is 3.44. The Labute approximate surface area is 109 Å². The van der Waals surface area contributed by atoms with Gasteiger partial charge in [0.25, 0.3) is 0 Å². The molecule has 2 unspecified atom stereocenters. The Balaban J connectivity index is 1.89. The van der Waals surface area contributed by atoms with Gasteiger partial charge in [-0.3, -0.25) is 4.90 Å². The zero-order chi connectivity index (χ0) is 12.3. The molecule has 94 valence electrons. The van der Waals surface area contributed by atoms with Crippen molar-refractivity contribution < 1.29 is 0 Å². The lowest BCUT2D eigenvalue weighted by atomic mass is 10.1. The fourth-order valence-corrected chi connectivity index (χ4v) is 2.64. The van der Waals surface area contributed by atoms with E-state index in [1.54, 1.807) is 0 Å². The number of likely N-dealkylation sites (tertiary alicyclic amines) is 1. The van der Waals surface area contributed by atoms with Crippen molar-refractivity contribution in [2.24, 2.45) is 0 Å². The van der Waals surface area contributed by atoms with Gasteiger partial charge in [0.2, 0.25) is 0 Å². The molecule has 1 fully saturated rings. The topological polar surface area (TPSA) is 15.3 Å². The van der Waals surface area contributed by atoms with Crippen LogP contribution in [0.2, 0.25) is 5.02 Å². The highest BCUT2D eigenvalue weighted by atomic mass is 35.5. The van der Waals surface area contributed by atoms with E-state index in [-0.39, 0.29) is 0 Å². The highest BCUT2D eigenvalue weighted by molar-refractivity contribution is 6.30. The molecule has 0 radical (unpaired) electrons. The van der Waals surface area contributed by atoms with Crippen molar-refractivity contribution in [3.05, 3.63) is 34.9 Å². The van der Waals surface area contributed by atoms with Crippen LogP contribution in [0, 0.1) is 0 Å². The molecule has 0 bridgehead atoms. The molecule has 1 aromatic carbocycles. The molecule has 1 N–H and O–H groups in total. The van der Waals surface area contributed by atoms with Gasteiger partial charge in [0, 0.05) is 30.2 Å². The molecular weight excluding hydrogens is 232 g/mol. The second kappa shape index (κ2) is 5.85. The van der Waals surface area contributed by atoms with E-state index in [2.05, 4.69) is 36.3 Å². The van der Waals surface area contributed by atoms with Crippen LogP contribution in [0.4, 0.5) is 0 Å². The fraction of sp³-hybridized carbons (Fsp3) is 0.571. The summed E-state index contributed by atoms with van der Waals surface area (Å²) in [6.45, 7) is 4.69. The number of hydrogen-bond donors (Lipinski definition) is 1. The van der Waals surface area contributed by atoms with Gasteiger partial charge in [-0.2, -0.15) is 0 Å². The van der Waals surface area contributed by atoms with Gasteiger partial charge in [0.15, 0.2) is 0 Å².